The summed E-state index contributed by atoms with van der Waals surface area (Å²) in [5, 5.41) is 13.8. The van der Waals surface area contributed by atoms with Gasteiger partial charge in [0.2, 0.25) is 5.91 Å². The molecule has 0 unspecified atom stereocenters. The lowest BCUT2D eigenvalue weighted by atomic mass is 10.0. The second kappa shape index (κ2) is 6.60. The van der Waals surface area contributed by atoms with Crippen LogP contribution in [0.4, 0.5) is 11.4 Å². The summed E-state index contributed by atoms with van der Waals surface area (Å²) in [4.78, 5) is 37.1. The van der Waals surface area contributed by atoms with Crippen LogP contribution in [0.3, 0.4) is 0 Å². The number of carbonyl (C=O) groups excluding carboxylic acids is 2. The topological polar surface area (TPSA) is 119 Å². The van der Waals surface area contributed by atoms with Crippen molar-refractivity contribution in [3.8, 4) is 0 Å². The lowest BCUT2D eigenvalue weighted by Crippen LogP contribution is -2.52. The Hall–Kier alpha value is -3.42. The number of hydrogen-bond acceptors (Lipinski definition) is 5. The van der Waals surface area contributed by atoms with Gasteiger partial charge in [-0.25, -0.2) is 0 Å². The number of hydrogen-bond donors (Lipinski definition) is 2. The Balaban J connectivity index is 2.01. The molecule has 1 aliphatic heterocycles. The van der Waals surface area contributed by atoms with Gasteiger partial charge in [0.05, 0.1) is 10.5 Å². The van der Waals surface area contributed by atoms with E-state index in [-0.39, 0.29) is 29.4 Å². The Morgan fingerprint density at radius 3 is 2.60 bits per heavy atom. The first-order chi connectivity index (χ1) is 12.0. The van der Waals surface area contributed by atoms with E-state index in [4.69, 9.17) is 5.73 Å². The molecular formula is C17H16N4O4. The molecule has 0 saturated carbocycles. The van der Waals surface area contributed by atoms with E-state index >= 15 is 0 Å². The number of nitro benzene ring substituents is 1. The summed E-state index contributed by atoms with van der Waals surface area (Å²) in [6.07, 6.45) is 0. The van der Waals surface area contributed by atoms with Crippen LogP contribution < -0.4 is 11.1 Å². The molecule has 2 amide bonds. The number of nitro groups is 1. The zero-order valence-electron chi connectivity index (χ0n) is 13.2. The van der Waals surface area contributed by atoms with Crippen molar-refractivity contribution in [1.29, 1.82) is 0 Å². The van der Waals surface area contributed by atoms with Gasteiger partial charge in [0.1, 0.15) is 11.7 Å². The molecule has 0 spiro atoms. The van der Waals surface area contributed by atoms with Crippen LogP contribution in [0, 0.1) is 10.1 Å². The molecule has 3 N–H and O–H groups in total. The second-order valence-corrected chi connectivity index (χ2v) is 5.60. The highest BCUT2D eigenvalue weighted by Gasteiger charge is 2.36. The molecule has 1 fully saturated rings. The Kier molecular flexibility index (Phi) is 4.34. The zero-order chi connectivity index (χ0) is 18.0. The van der Waals surface area contributed by atoms with Crippen LogP contribution in [0.5, 0.6) is 0 Å². The summed E-state index contributed by atoms with van der Waals surface area (Å²) in [6.45, 7) is 0.592. The van der Waals surface area contributed by atoms with Gasteiger partial charge in [-0.05, 0) is 11.6 Å². The van der Waals surface area contributed by atoms with Crippen molar-refractivity contribution in [2.45, 2.75) is 6.04 Å². The van der Waals surface area contributed by atoms with Crippen molar-refractivity contribution >= 4 is 23.2 Å². The third-order valence-electron chi connectivity index (χ3n) is 4.10. The van der Waals surface area contributed by atoms with Gasteiger partial charge >= 0.3 is 0 Å². The molecule has 1 atom stereocenters. The number of rotatable bonds is 3. The first kappa shape index (κ1) is 16.4. The average molecular weight is 340 g/mol. The standard InChI is InChI=1S/C17H16N4O4/c18-14-12(7-4-8-13(14)21(24)25)17(23)20-10-9-19-16(22)15(20)11-5-2-1-3-6-11/h1-8,15H,9-10,18H2,(H,19,22)/t15-/m0/s1. The molecule has 0 bridgehead atoms. The van der Waals surface area contributed by atoms with E-state index < -0.39 is 16.9 Å². The molecule has 1 saturated heterocycles. The van der Waals surface area contributed by atoms with Crippen LogP contribution in [-0.2, 0) is 4.79 Å². The van der Waals surface area contributed by atoms with E-state index in [9.17, 15) is 19.7 Å². The normalized spacial score (nSPS) is 17.0. The lowest BCUT2D eigenvalue weighted by molar-refractivity contribution is -0.383. The summed E-state index contributed by atoms with van der Waals surface area (Å²) in [5.41, 5.74) is 5.97. The number of benzene rings is 2. The fourth-order valence-corrected chi connectivity index (χ4v) is 2.91. The molecule has 2 aromatic rings. The first-order valence-electron chi connectivity index (χ1n) is 7.67. The number of carbonyl (C=O) groups is 2. The van der Waals surface area contributed by atoms with E-state index in [1.807, 2.05) is 6.07 Å². The Morgan fingerprint density at radius 2 is 1.92 bits per heavy atom. The van der Waals surface area contributed by atoms with Gasteiger partial charge in [-0.15, -0.1) is 0 Å². The van der Waals surface area contributed by atoms with Gasteiger partial charge < -0.3 is 16.0 Å². The average Bonchev–Trinajstić information content (AvgIpc) is 2.61. The largest absolute Gasteiger partial charge is 0.393 e. The molecule has 8 nitrogen and oxygen atoms in total. The van der Waals surface area contributed by atoms with Gasteiger partial charge in [0.15, 0.2) is 0 Å². The summed E-state index contributed by atoms with van der Waals surface area (Å²) in [6, 6.07) is 12.2. The van der Waals surface area contributed by atoms with Crippen LogP contribution in [-0.4, -0.2) is 34.7 Å². The van der Waals surface area contributed by atoms with E-state index in [0.29, 0.717) is 12.1 Å². The number of amides is 2. The van der Waals surface area contributed by atoms with Crippen LogP contribution in [0.25, 0.3) is 0 Å². The number of anilines is 1. The molecule has 2 aromatic carbocycles. The maximum Gasteiger partial charge on any atom is 0.292 e. The third-order valence-corrected chi connectivity index (χ3v) is 4.10. The molecule has 25 heavy (non-hydrogen) atoms. The molecule has 1 heterocycles. The van der Waals surface area contributed by atoms with Crippen molar-refractivity contribution in [2.24, 2.45) is 0 Å². The highest BCUT2D eigenvalue weighted by Crippen LogP contribution is 2.30. The highest BCUT2D eigenvalue weighted by atomic mass is 16.6. The molecule has 0 aromatic heterocycles. The predicted octanol–water partition coefficient (Wildman–Crippen LogP) is 1.49. The summed E-state index contributed by atoms with van der Waals surface area (Å²) < 4.78 is 0. The molecule has 3 rings (SSSR count). The number of para-hydroxylation sites is 1. The minimum absolute atomic E-state index is 0.0184. The number of nitrogens with one attached hydrogen (secondary N) is 1. The van der Waals surface area contributed by atoms with Crippen LogP contribution >= 0.6 is 0 Å². The van der Waals surface area contributed by atoms with Gasteiger partial charge in [-0.2, -0.15) is 0 Å². The van der Waals surface area contributed by atoms with E-state index in [0.717, 1.165) is 0 Å². The Bertz CT molecular complexity index is 838. The van der Waals surface area contributed by atoms with Crippen molar-refractivity contribution in [1.82, 2.24) is 10.2 Å². The van der Waals surface area contributed by atoms with Crippen LogP contribution in [0.15, 0.2) is 48.5 Å². The van der Waals surface area contributed by atoms with Gasteiger partial charge in [-0.3, -0.25) is 19.7 Å². The number of nitrogens with two attached hydrogens (primary N) is 1. The summed E-state index contributed by atoms with van der Waals surface area (Å²) >= 11 is 0. The molecule has 8 heteroatoms. The Labute approximate surface area is 143 Å². The van der Waals surface area contributed by atoms with Crippen molar-refractivity contribution < 1.29 is 14.5 Å². The van der Waals surface area contributed by atoms with Crippen LogP contribution in [0.1, 0.15) is 22.0 Å². The molecule has 0 radical (unpaired) electrons. The minimum atomic E-state index is -0.805. The fourth-order valence-electron chi connectivity index (χ4n) is 2.91. The maximum absolute atomic E-state index is 13.0. The molecule has 128 valence electrons. The van der Waals surface area contributed by atoms with Gasteiger partial charge in [0.25, 0.3) is 11.6 Å². The number of nitrogen functional groups attached to an aromatic ring is 1. The van der Waals surface area contributed by atoms with Crippen molar-refractivity contribution in [2.75, 3.05) is 18.8 Å². The third kappa shape index (κ3) is 3.01. The van der Waals surface area contributed by atoms with Crippen LogP contribution in [0.2, 0.25) is 0 Å². The van der Waals surface area contributed by atoms with Crippen molar-refractivity contribution in [3.05, 3.63) is 69.8 Å². The van der Waals surface area contributed by atoms with Gasteiger partial charge in [0, 0.05) is 19.2 Å². The molecular weight excluding hydrogens is 324 g/mol. The first-order valence-corrected chi connectivity index (χ1v) is 7.67. The maximum atomic E-state index is 13.0. The number of nitrogens with zero attached hydrogens (tertiary/aromatic N) is 2. The number of piperazine rings is 1. The monoisotopic (exact) mass is 340 g/mol. The van der Waals surface area contributed by atoms with Crippen molar-refractivity contribution in [3.63, 3.8) is 0 Å². The SMILES string of the molecule is Nc1c(C(=O)N2CCNC(=O)[C@@H]2c2ccccc2)cccc1[N+](=O)[O-]. The Morgan fingerprint density at radius 1 is 1.20 bits per heavy atom. The predicted molar refractivity (Wildman–Crippen MR) is 90.7 cm³/mol. The fraction of sp³-hybridized carbons (Fsp3) is 0.176. The minimum Gasteiger partial charge on any atom is -0.393 e. The molecule has 0 aliphatic carbocycles. The van der Waals surface area contributed by atoms with E-state index in [1.54, 1.807) is 24.3 Å². The highest BCUT2D eigenvalue weighted by molar-refractivity contribution is 6.03. The zero-order valence-corrected chi connectivity index (χ0v) is 13.2. The van der Waals surface area contributed by atoms with E-state index in [2.05, 4.69) is 5.32 Å². The van der Waals surface area contributed by atoms with E-state index in [1.165, 1.54) is 23.1 Å². The smallest absolute Gasteiger partial charge is 0.292 e. The second-order valence-electron chi connectivity index (χ2n) is 5.60. The summed E-state index contributed by atoms with van der Waals surface area (Å²) in [5.74, 6) is -0.806. The molecule has 1 aliphatic rings. The summed E-state index contributed by atoms with van der Waals surface area (Å²) in [7, 11) is 0. The lowest BCUT2D eigenvalue weighted by Gasteiger charge is -2.35. The quantitative estimate of drug-likeness (QED) is 0.498. The van der Waals surface area contributed by atoms with Gasteiger partial charge in [-0.1, -0.05) is 36.4 Å².